The fourth-order valence-corrected chi connectivity index (χ4v) is 2.34. The van der Waals surface area contributed by atoms with Gasteiger partial charge in [-0.15, -0.1) is 5.10 Å². The highest BCUT2D eigenvalue weighted by atomic mass is 16.5. The number of hydrogen-bond acceptors (Lipinski definition) is 5. The molecule has 0 amide bonds. The third-order valence-electron chi connectivity index (χ3n) is 3.55. The molecule has 0 aliphatic rings. The van der Waals surface area contributed by atoms with Gasteiger partial charge in [0, 0.05) is 46.7 Å². The van der Waals surface area contributed by atoms with Gasteiger partial charge in [0.15, 0.2) is 5.65 Å². The van der Waals surface area contributed by atoms with Crippen LogP contribution in [-0.2, 0) is 16.0 Å². The molecule has 7 nitrogen and oxygen atoms in total. The molecule has 7 heteroatoms. The van der Waals surface area contributed by atoms with Crippen LogP contribution < -0.4 is 5.69 Å². The second kappa shape index (κ2) is 8.67. The van der Waals surface area contributed by atoms with Gasteiger partial charge in [-0.2, -0.15) is 0 Å². The zero-order chi connectivity index (χ0) is 15.8. The lowest BCUT2D eigenvalue weighted by Crippen LogP contribution is -2.34. The molecule has 0 atom stereocenters. The summed E-state index contributed by atoms with van der Waals surface area (Å²) in [5.74, 6) is 0. The van der Waals surface area contributed by atoms with Crippen molar-refractivity contribution in [3.8, 4) is 0 Å². The SMILES string of the molecule is COCCCN(CCOC)CCn1nc2ccccn2c1=O. The maximum atomic E-state index is 12.2. The molecule has 0 unspecified atom stereocenters. The summed E-state index contributed by atoms with van der Waals surface area (Å²) in [5.41, 5.74) is 0.578. The Morgan fingerprint density at radius 3 is 2.68 bits per heavy atom. The van der Waals surface area contributed by atoms with Gasteiger partial charge in [0.1, 0.15) is 0 Å². The Morgan fingerprint density at radius 2 is 1.95 bits per heavy atom. The Labute approximate surface area is 130 Å². The lowest BCUT2D eigenvalue weighted by atomic mass is 10.3. The molecule has 2 aromatic heterocycles. The van der Waals surface area contributed by atoms with Crippen molar-refractivity contribution in [1.29, 1.82) is 0 Å². The average molecular weight is 308 g/mol. The molecule has 0 spiro atoms. The van der Waals surface area contributed by atoms with Crippen LogP contribution in [-0.4, -0.2) is 66.1 Å². The molecular formula is C15H24N4O3. The quantitative estimate of drug-likeness (QED) is 0.598. The summed E-state index contributed by atoms with van der Waals surface area (Å²) in [6.45, 7) is 4.49. The largest absolute Gasteiger partial charge is 0.385 e. The third kappa shape index (κ3) is 4.40. The van der Waals surface area contributed by atoms with Crippen LogP contribution in [0.4, 0.5) is 0 Å². The Balaban J connectivity index is 1.97. The van der Waals surface area contributed by atoms with Gasteiger partial charge in [-0.3, -0.25) is 9.30 Å². The van der Waals surface area contributed by atoms with Crippen LogP contribution in [0.5, 0.6) is 0 Å². The molecule has 0 aromatic carbocycles. The van der Waals surface area contributed by atoms with Gasteiger partial charge in [0.2, 0.25) is 0 Å². The highest BCUT2D eigenvalue weighted by Gasteiger charge is 2.09. The van der Waals surface area contributed by atoms with Crippen molar-refractivity contribution in [2.45, 2.75) is 13.0 Å². The van der Waals surface area contributed by atoms with E-state index in [0.717, 1.165) is 32.7 Å². The first kappa shape index (κ1) is 16.7. The molecule has 0 saturated carbocycles. The maximum absolute atomic E-state index is 12.2. The highest BCUT2D eigenvalue weighted by molar-refractivity contribution is 5.35. The second-order valence-electron chi connectivity index (χ2n) is 5.12. The van der Waals surface area contributed by atoms with Crippen molar-refractivity contribution in [1.82, 2.24) is 19.1 Å². The number of nitrogens with zero attached hydrogens (tertiary/aromatic N) is 4. The van der Waals surface area contributed by atoms with Gasteiger partial charge >= 0.3 is 5.69 Å². The Morgan fingerprint density at radius 1 is 1.14 bits per heavy atom. The predicted octanol–water partition coefficient (Wildman–Crippen LogP) is 0.481. The fraction of sp³-hybridized carbons (Fsp3) is 0.600. The zero-order valence-electron chi connectivity index (χ0n) is 13.3. The summed E-state index contributed by atoms with van der Waals surface area (Å²) in [5, 5.41) is 4.35. The smallest absolute Gasteiger partial charge is 0.350 e. The molecule has 0 fully saturated rings. The predicted molar refractivity (Wildman–Crippen MR) is 84.3 cm³/mol. The first-order valence-corrected chi connectivity index (χ1v) is 7.50. The molecular weight excluding hydrogens is 284 g/mol. The Hall–Kier alpha value is -1.70. The summed E-state index contributed by atoms with van der Waals surface area (Å²) < 4.78 is 13.3. The van der Waals surface area contributed by atoms with Gasteiger partial charge in [-0.25, -0.2) is 9.48 Å². The van der Waals surface area contributed by atoms with Crippen LogP contribution in [0.2, 0.25) is 0 Å². The summed E-state index contributed by atoms with van der Waals surface area (Å²) in [6, 6.07) is 5.54. The maximum Gasteiger partial charge on any atom is 0.350 e. The molecule has 0 saturated heterocycles. The fourth-order valence-electron chi connectivity index (χ4n) is 2.34. The molecule has 0 radical (unpaired) electrons. The molecule has 0 bridgehead atoms. The normalized spacial score (nSPS) is 11.6. The van der Waals surface area contributed by atoms with Gasteiger partial charge in [-0.05, 0) is 18.6 Å². The van der Waals surface area contributed by atoms with E-state index in [0.29, 0.717) is 18.8 Å². The molecule has 2 rings (SSSR count). The van der Waals surface area contributed by atoms with Gasteiger partial charge in [-0.1, -0.05) is 6.07 Å². The molecule has 0 N–H and O–H groups in total. The minimum atomic E-state index is -0.0980. The van der Waals surface area contributed by atoms with E-state index in [1.54, 1.807) is 24.8 Å². The lowest BCUT2D eigenvalue weighted by Gasteiger charge is -2.21. The van der Waals surface area contributed by atoms with Crippen molar-refractivity contribution in [3.63, 3.8) is 0 Å². The Kier molecular flexibility index (Phi) is 6.57. The number of aromatic nitrogens is 3. The first-order valence-electron chi connectivity index (χ1n) is 7.50. The summed E-state index contributed by atoms with van der Waals surface area (Å²) in [7, 11) is 3.40. The van der Waals surface area contributed by atoms with Crippen molar-refractivity contribution < 1.29 is 9.47 Å². The number of pyridine rings is 1. The number of rotatable bonds is 10. The van der Waals surface area contributed by atoms with Crippen LogP contribution in [0.3, 0.4) is 0 Å². The van der Waals surface area contributed by atoms with Gasteiger partial charge in [0.05, 0.1) is 13.2 Å². The van der Waals surface area contributed by atoms with E-state index >= 15 is 0 Å². The van der Waals surface area contributed by atoms with Crippen molar-refractivity contribution >= 4 is 5.65 Å². The van der Waals surface area contributed by atoms with Crippen molar-refractivity contribution in [2.24, 2.45) is 0 Å². The van der Waals surface area contributed by atoms with Crippen LogP contribution in [0, 0.1) is 0 Å². The van der Waals surface area contributed by atoms with Gasteiger partial charge < -0.3 is 9.47 Å². The number of ether oxygens (including phenoxy) is 2. The first-order chi connectivity index (χ1) is 10.8. The zero-order valence-corrected chi connectivity index (χ0v) is 13.3. The number of methoxy groups -OCH3 is 2. The standard InChI is InChI=1S/C15H24N4O3/c1-21-12-5-7-17(11-13-22-2)9-10-19-15(20)18-8-4-3-6-14(18)16-19/h3-4,6,8H,5,7,9-13H2,1-2H3. The van der Waals surface area contributed by atoms with E-state index < -0.39 is 0 Å². The average Bonchev–Trinajstić information content (AvgIpc) is 2.86. The van der Waals surface area contributed by atoms with Crippen molar-refractivity contribution in [3.05, 3.63) is 34.9 Å². The summed E-state index contributed by atoms with van der Waals surface area (Å²) in [6.07, 6.45) is 2.70. The van der Waals surface area contributed by atoms with E-state index in [4.69, 9.17) is 9.47 Å². The van der Waals surface area contributed by atoms with Crippen molar-refractivity contribution in [2.75, 3.05) is 47.1 Å². The van der Waals surface area contributed by atoms with Crippen LogP contribution >= 0.6 is 0 Å². The number of hydrogen-bond donors (Lipinski definition) is 0. The van der Waals surface area contributed by atoms with E-state index in [1.807, 2.05) is 18.2 Å². The van der Waals surface area contributed by atoms with Crippen LogP contribution in [0.25, 0.3) is 5.65 Å². The molecule has 2 heterocycles. The Bertz CT molecular complexity index is 623. The van der Waals surface area contributed by atoms with Crippen LogP contribution in [0.15, 0.2) is 29.2 Å². The molecule has 0 aliphatic heterocycles. The second-order valence-corrected chi connectivity index (χ2v) is 5.12. The van der Waals surface area contributed by atoms with E-state index in [-0.39, 0.29) is 5.69 Å². The molecule has 22 heavy (non-hydrogen) atoms. The topological polar surface area (TPSA) is 61.0 Å². The minimum Gasteiger partial charge on any atom is -0.385 e. The van der Waals surface area contributed by atoms with E-state index in [9.17, 15) is 4.79 Å². The molecule has 2 aromatic rings. The summed E-state index contributed by atoms with van der Waals surface area (Å²) in [4.78, 5) is 14.5. The molecule has 122 valence electrons. The third-order valence-corrected chi connectivity index (χ3v) is 3.55. The van der Waals surface area contributed by atoms with Gasteiger partial charge in [0.25, 0.3) is 0 Å². The monoisotopic (exact) mass is 308 g/mol. The highest BCUT2D eigenvalue weighted by Crippen LogP contribution is 1.97. The summed E-state index contributed by atoms with van der Waals surface area (Å²) >= 11 is 0. The van der Waals surface area contributed by atoms with E-state index in [1.165, 1.54) is 4.68 Å². The van der Waals surface area contributed by atoms with E-state index in [2.05, 4.69) is 10.00 Å². The van der Waals surface area contributed by atoms with Crippen LogP contribution in [0.1, 0.15) is 6.42 Å². The lowest BCUT2D eigenvalue weighted by molar-refractivity contribution is 0.129. The molecule has 0 aliphatic carbocycles. The minimum absolute atomic E-state index is 0.0980. The number of fused-ring (bicyclic) bond motifs is 1.